The summed E-state index contributed by atoms with van der Waals surface area (Å²) in [5.74, 6) is 6.24. The van der Waals surface area contributed by atoms with Gasteiger partial charge in [-0.1, -0.05) is 37.2 Å². The summed E-state index contributed by atoms with van der Waals surface area (Å²) in [7, 11) is 1.57. The number of amides is 2. The van der Waals surface area contributed by atoms with Gasteiger partial charge in [-0.2, -0.15) is 0 Å². The lowest BCUT2D eigenvalue weighted by Gasteiger charge is -2.26. The zero-order valence-corrected chi connectivity index (χ0v) is 19.9. The van der Waals surface area contributed by atoms with Crippen LogP contribution in [0.4, 0.5) is 0 Å². The van der Waals surface area contributed by atoms with E-state index in [4.69, 9.17) is 0 Å². The molecule has 0 aliphatic carbocycles. The standard InChI is InChI=1S/C27H37N3O3/c1-28-26(32)16-15-23(21-31)30-20-25-22(13-11-14-24(25)27(30)33)12-7-4-2-3-5-8-17-29-18-9-6-10-19-29/h11,13-14,21,23H,2-6,8-10,15-20H2,1H3,(H,28,32). The molecule has 1 N–H and O–H groups in total. The molecule has 2 aliphatic heterocycles. The SMILES string of the molecule is CNC(=O)CCC(C=O)N1Cc2c(C#CCCCCCCN3CCCCC3)cccc2C1=O. The van der Waals surface area contributed by atoms with Crippen LogP contribution in [0.15, 0.2) is 18.2 Å². The van der Waals surface area contributed by atoms with Gasteiger partial charge in [0, 0.05) is 37.6 Å². The molecule has 3 rings (SSSR count). The molecule has 6 nitrogen and oxygen atoms in total. The lowest BCUT2D eigenvalue weighted by molar-refractivity contribution is -0.121. The predicted molar refractivity (Wildman–Crippen MR) is 130 cm³/mol. The number of rotatable bonds is 11. The largest absolute Gasteiger partial charge is 0.359 e. The second-order valence-corrected chi connectivity index (χ2v) is 9.05. The van der Waals surface area contributed by atoms with Gasteiger partial charge in [0.15, 0.2) is 0 Å². The molecule has 1 aromatic rings. The highest BCUT2D eigenvalue weighted by Crippen LogP contribution is 2.28. The van der Waals surface area contributed by atoms with E-state index in [-0.39, 0.29) is 18.2 Å². The van der Waals surface area contributed by atoms with Gasteiger partial charge in [0.25, 0.3) is 5.91 Å². The van der Waals surface area contributed by atoms with Crippen LogP contribution in [-0.4, -0.2) is 60.6 Å². The van der Waals surface area contributed by atoms with Gasteiger partial charge >= 0.3 is 0 Å². The van der Waals surface area contributed by atoms with Crippen LogP contribution in [0.2, 0.25) is 0 Å². The number of hydrogen-bond acceptors (Lipinski definition) is 4. The number of benzene rings is 1. The van der Waals surface area contributed by atoms with Crippen LogP contribution < -0.4 is 5.32 Å². The van der Waals surface area contributed by atoms with E-state index in [2.05, 4.69) is 22.1 Å². The molecule has 6 heteroatoms. The average Bonchev–Trinajstić information content (AvgIpc) is 3.18. The van der Waals surface area contributed by atoms with E-state index in [1.54, 1.807) is 18.0 Å². The number of unbranched alkanes of at least 4 members (excludes halogenated alkanes) is 4. The van der Waals surface area contributed by atoms with Crippen LogP contribution in [0.1, 0.15) is 85.7 Å². The van der Waals surface area contributed by atoms with Crippen molar-refractivity contribution >= 4 is 18.1 Å². The van der Waals surface area contributed by atoms with Gasteiger partial charge in [-0.25, -0.2) is 0 Å². The minimum Gasteiger partial charge on any atom is -0.359 e. The van der Waals surface area contributed by atoms with Crippen molar-refractivity contribution in [2.45, 2.75) is 76.8 Å². The summed E-state index contributed by atoms with van der Waals surface area (Å²) in [6, 6.07) is 4.99. The highest BCUT2D eigenvalue weighted by Gasteiger charge is 2.33. The van der Waals surface area contributed by atoms with Gasteiger partial charge in [-0.05, 0) is 69.4 Å². The topological polar surface area (TPSA) is 69.7 Å². The molecule has 33 heavy (non-hydrogen) atoms. The minimum atomic E-state index is -0.604. The molecule has 1 atom stereocenters. The van der Waals surface area contributed by atoms with E-state index in [9.17, 15) is 14.4 Å². The number of carbonyl (C=O) groups excluding carboxylic acids is 3. The van der Waals surface area contributed by atoms with E-state index >= 15 is 0 Å². The molecule has 1 saturated heterocycles. The summed E-state index contributed by atoms with van der Waals surface area (Å²) >= 11 is 0. The third-order valence-corrected chi connectivity index (χ3v) is 6.70. The van der Waals surface area contributed by atoms with Gasteiger partial charge in [-0.3, -0.25) is 9.59 Å². The lowest BCUT2D eigenvalue weighted by atomic mass is 10.0. The van der Waals surface area contributed by atoms with Crippen LogP contribution in [-0.2, 0) is 16.1 Å². The number of piperidine rings is 1. The molecule has 2 aliphatic rings. The second-order valence-electron chi connectivity index (χ2n) is 9.05. The molecule has 0 radical (unpaired) electrons. The Kier molecular flexibility index (Phi) is 9.96. The minimum absolute atomic E-state index is 0.135. The molecule has 0 saturated carbocycles. The zero-order valence-electron chi connectivity index (χ0n) is 19.9. The van der Waals surface area contributed by atoms with Crippen molar-refractivity contribution in [3.05, 3.63) is 34.9 Å². The number of fused-ring (bicyclic) bond motifs is 1. The predicted octanol–water partition coefficient (Wildman–Crippen LogP) is 3.52. The molecule has 0 aromatic heterocycles. The number of nitrogens with one attached hydrogen (secondary N) is 1. The fourth-order valence-corrected chi connectivity index (χ4v) is 4.68. The zero-order chi connectivity index (χ0) is 23.5. The van der Waals surface area contributed by atoms with E-state index in [1.807, 2.05) is 12.1 Å². The summed E-state index contributed by atoms with van der Waals surface area (Å²) in [5, 5.41) is 2.55. The van der Waals surface area contributed by atoms with Gasteiger partial charge in [-0.15, -0.1) is 0 Å². The van der Waals surface area contributed by atoms with Gasteiger partial charge < -0.3 is 19.9 Å². The number of likely N-dealkylation sites (tertiary alicyclic amines) is 1. The van der Waals surface area contributed by atoms with Crippen LogP contribution in [0.25, 0.3) is 0 Å². The monoisotopic (exact) mass is 451 g/mol. The van der Waals surface area contributed by atoms with Crippen molar-refractivity contribution in [2.24, 2.45) is 0 Å². The smallest absolute Gasteiger partial charge is 0.255 e. The van der Waals surface area contributed by atoms with Crippen molar-refractivity contribution in [3.63, 3.8) is 0 Å². The molecular formula is C27H37N3O3. The Morgan fingerprint density at radius 3 is 2.70 bits per heavy atom. The third-order valence-electron chi connectivity index (χ3n) is 6.70. The summed E-state index contributed by atoms with van der Waals surface area (Å²) in [5.41, 5.74) is 2.37. The summed E-state index contributed by atoms with van der Waals surface area (Å²) in [6.07, 6.45) is 11.1. The van der Waals surface area contributed by atoms with Crippen LogP contribution >= 0.6 is 0 Å². The second kappa shape index (κ2) is 13.2. The summed E-state index contributed by atoms with van der Waals surface area (Å²) in [4.78, 5) is 40.2. The lowest BCUT2D eigenvalue weighted by Crippen LogP contribution is -2.37. The van der Waals surface area contributed by atoms with Crippen molar-refractivity contribution in [1.82, 2.24) is 15.1 Å². The fourth-order valence-electron chi connectivity index (χ4n) is 4.68. The molecule has 1 fully saturated rings. The molecule has 0 bridgehead atoms. The first-order valence-corrected chi connectivity index (χ1v) is 12.4. The highest BCUT2D eigenvalue weighted by atomic mass is 16.2. The normalized spacial score (nSPS) is 16.6. The molecule has 1 aromatic carbocycles. The molecule has 2 amide bonds. The Hall–Kier alpha value is -2.65. The quantitative estimate of drug-likeness (QED) is 0.318. The number of carbonyl (C=O) groups is 3. The molecular weight excluding hydrogens is 414 g/mol. The Morgan fingerprint density at radius 2 is 1.94 bits per heavy atom. The first-order chi connectivity index (χ1) is 16.1. The fraction of sp³-hybridized carbons (Fsp3) is 0.593. The van der Waals surface area contributed by atoms with Gasteiger partial charge in [0.1, 0.15) is 6.29 Å². The van der Waals surface area contributed by atoms with Crippen LogP contribution in [0.5, 0.6) is 0 Å². The van der Waals surface area contributed by atoms with Crippen LogP contribution in [0.3, 0.4) is 0 Å². The van der Waals surface area contributed by atoms with E-state index in [0.717, 1.165) is 30.3 Å². The van der Waals surface area contributed by atoms with Gasteiger partial charge in [0.2, 0.25) is 5.91 Å². The number of aldehydes is 1. The van der Waals surface area contributed by atoms with E-state index in [1.165, 1.54) is 58.2 Å². The number of nitrogens with zero attached hydrogens (tertiary/aromatic N) is 2. The first kappa shape index (κ1) is 25.0. The Morgan fingerprint density at radius 1 is 1.15 bits per heavy atom. The maximum absolute atomic E-state index is 12.9. The average molecular weight is 452 g/mol. The maximum atomic E-state index is 12.9. The Balaban J connectivity index is 1.46. The van der Waals surface area contributed by atoms with Crippen molar-refractivity contribution in [2.75, 3.05) is 26.7 Å². The van der Waals surface area contributed by atoms with Crippen molar-refractivity contribution < 1.29 is 14.4 Å². The highest BCUT2D eigenvalue weighted by molar-refractivity contribution is 6.00. The van der Waals surface area contributed by atoms with E-state index in [0.29, 0.717) is 18.5 Å². The Bertz CT molecular complexity index is 880. The molecule has 2 heterocycles. The molecule has 0 spiro atoms. The first-order valence-electron chi connectivity index (χ1n) is 12.4. The molecule has 178 valence electrons. The Labute approximate surface area is 198 Å². The summed E-state index contributed by atoms with van der Waals surface area (Å²) in [6.45, 7) is 4.15. The molecule has 1 unspecified atom stereocenters. The summed E-state index contributed by atoms with van der Waals surface area (Å²) < 4.78 is 0. The van der Waals surface area contributed by atoms with E-state index < -0.39 is 6.04 Å². The number of hydrogen-bond donors (Lipinski definition) is 1. The maximum Gasteiger partial charge on any atom is 0.255 e. The van der Waals surface area contributed by atoms with Gasteiger partial charge in [0.05, 0.1) is 6.04 Å². The third kappa shape index (κ3) is 7.17. The van der Waals surface area contributed by atoms with Crippen molar-refractivity contribution in [3.8, 4) is 11.8 Å². The van der Waals surface area contributed by atoms with Crippen LogP contribution in [0, 0.1) is 11.8 Å². The van der Waals surface area contributed by atoms with Crippen molar-refractivity contribution in [1.29, 1.82) is 0 Å².